The van der Waals surface area contributed by atoms with Gasteiger partial charge in [0.05, 0.1) is 5.52 Å². The molecule has 0 radical (unpaired) electrons. The van der Waals surface area contributed by atoms with Crippen molar-refractivity contribution in [2.24, 2.45) is 5.73 Å². The van der Waals surface area contributed by atoms with Gasteiger partial charge in [-0.15, -0.1) is 0 Å². The van der Waals surface area contributed by atoms with Gasteiger partial charge in [-0.05, 0) is 25.5 Å². The number of hydrogen-bond acceptors (Lipinski definition) is 2. The Kier molecular flexibility index (Phi) is 2.15. The lowest BCUT2D eigenvalue weighted by molar-refractivity contribution is 1.23. The van der Waals surface area contributed by atoms with Crippen LogP contribution in [0.2, 0.25) is 0 Å². The summed E-state index contributed by atoms with van der Waals surface area (Å²) in [6.45, 7) is 3.93. The second-order valence-electron chi connectivity index (χ2n) is 3.70. The molecule has 15 heavy (non-hydrogen) atoms. The van der Waals surface area contributed by atoms with Crippen molar-refractivity contribution in [1.29, 1.82) is 5.41 Å². The van der Waals surface area contributed by atoms with Gasteiger partial charge in [0.15, 0.2) is 0 Å². The standard InChI is InChI=1S/C12H13N3/c1-7-4-3-5-9-10(12(13)14)6-8(2)15-11(7)9/h3-6H,1-2H3,(H3,13,14). The lowest BCUT2D eigenvalue weighted by atomic mass is 10.0. The molecule has 2 aromatic rings. The van der Waals surface area contributed by atoms with Gasteiger partial charge >= 0.3 is 0 Å². The molecular formula is C12H13N3. The molecule has 3 heteroatoms. The predicted molar refractivity (Wildman–Crippen MR) is 62.2 cm³/mol. The van der Waals surface area contributed by atoms with E-state index in [9.17, 15) is 0 Å². The van der Waals surface area contributed by atoms with E-state index in [2.05, 4.69) is 4.98 Å². The van der Waals surface area contributed by atoms with Crippen LogP contribution in [0.5, 0.6) is 0 Å². The topological polar surface area (TPSA) is 62.8 Å². The Balaban J connectivity index is 2.92. The molecule has 0 saturated heterocycles. The summed E-state index contributed by atoms with van der Waals surface area (Å²) in [7, 11) is 0. The number of pyridine rings is 1. The first-order valence-electron chi connectivity index (χ1n) is 4.81. The zero-order valence-corrected chi connectivity index (χ0v) is 8.83. The van der Waals surface area contributed by atoms with Crippen molar-refractivity contribution in [1.82, 2.24) is 4.98 Å². The summed E-state index contributed by atoms with van der Waals surface area (Å²) in [5.74, 6) is 0.0936. The molecule has 1 heterocycles. The molecule has 3 N–H and O–H groups in total. The summed E-state index contributed by atoms with van der Waals surface area (Å²) in [6, 6.07) is 7.77. The first-order valence-corrected chi connectivity index (χ1v) is 4.81. The molecule has 0 aliphatic heterocycles. The molecule has 0 fully saturated rings. The van der Waals surface area contributed by atoms with Gasteiger partial charge in [0, 0.05) is 16.6 Å². The van der Waals surface area contributed by atoms with Crippen molar-refractivity contribution in [3.63, 3.8) is 0 Å². The van der Waals surface area contributed by atoms with Gasteiger partial charge in [-0.25, -0.2) is 0 Å². The maximum atomic E-state index is 7.53. The number of rotatable bonds is 1. The average molecular weight is 199 g/mol. The maximum Gasteiger partial charge on any atom is 0.123 e. The van der Waals surface area contributed by atoms with Gasteiger partial charge in [0.25, 0.3) is 0 Å². The molecule has 0 atom stereocenters. The fraction of sp³-hybridized carbons (Fsp3) is 0.167. The third-order valence-corrected chi connectivity index (χ3v) is 2.46. The third-order valence-electron chi connectivity index (χ3n) is 2.46. The van der Waals surface area contributed by atoms with Crippen molar-refractivity contribution in [2.75, 3.05) is 0 Å². The minimum atomic E-state index is 0.0936. The molecule has 0 aliphatic carbocycles. The minimum Gasteiger partial charge on any atom is -0.384 e. The van der Waals surface area contributed by atoms with Gasteiger partial charge in [-0.3, -0.25) is 10.4 Å². The highest BCUT2D eigenvalue weighted by atomic mass is 14.7. The Morgan fingerprint density at radius 3 is 2.73 bits per heavy atom. The molecule has 0 amide bonds. The quantitative estimate of drug-likeness (QED) is 0.546. The SMILES string of the molecule is Cc1cc(C(=N)N)c2cccc(C)c2n1. The lowest BCUT2D eigenvalue weighted by Gasteiger charge is -2.07. The molecule has 2 rings (SSSR count). The van der Waals surface area contributed by atoms with Gasteiger partial charge < -0.3 is 5.73 Å². The highest BCUT2D eigenvalue weighted by Crippen LogP contribution is 2.20. The van der Waals surface area contributed by atoms with E-state index >= 15 is 0 Å². The molecular weight excluding hydrogens is 186 g/mol. The molecule has 0 bridgehead atoms. The van der Waals surface area contributed by atoms with E-state index < -0.39 is 0 Å². The Morgan fingerprint density at radius 2 is 2.07 bits per heavy atom. The van der Waals surface area contributed by atoms with E-state index in [0.717, 1.165) is 27.7 Å². The summed E-state index contributed by atoms with van der Waals surface area (Å²) in [5, 5.41) is 8.49. The molecule has 0 saturated carbocycles. The number of benzene rings is 1. The van der Waals surface area contributed by atoms with Gasteiger partial charge in [-0.2, -0.15) is 0 Å². The molecule has 0 unspecified atom stereocenters. The van der Waals surface area contributed by atoms with E-state index in [1.54, 1.807) is 0 Å². The molecule has 0 spiro atoms. The van der Waals surface area contributed by atoms with Gasteiger partial charge in [0.2, 0.25) is 0 Å². The number of aromatic nitrogens is 1. The molecule has 76 valence electrons. The zero-order chi connectivity index (χ0) is 11.0. The molecule has 1 aromatic carbocycles. The number of hydrogen-bond donors (Lipinski definition) is 2. The fourth-order valence-corrected chi connectivity index (χ4v) is 1.74. The maximum absolute atomic E-state index is 7.53. The number of nitrogens with one attached hydrogen (secondary N) is 1. The number of nitrogens with zero attached hydrogens (tertiary/aromatic N) is 1. The third kappa shape index (κ3) is 1.56. The Labute approximate surface area is 88.5 Å². The highest BCUT2D eigenvalue weighted by Gasteiger charge is 2.07. The van der Waals surface area contributed by atoms with E-state index in [1.807, 2.05) is 38.1 Å². The van der Waals surface area contributed by atoms with Gasteiger partial charge in [-0.1, -0.05) is 18.2 Å². The van der Waals surface area contributed by atoms with Crippen LogP contribution in [-0.4, -0.2) is 10.8 Å². The van der Waals surface area contributed by atoms with Crippen LogP contribution in [0.1, 0.15) is 16.8 Å². The lowest BCUT2D eigenvalue weighted by Crippen LogP contribution is -2.12. The fourth-order valence-electron chi connectivity index (χ4n) is 1.74. The number of nitrogens with two attached hydrogens (primary N) is 1. The second kappa shape index (κ2) is 3.35. The van der Waals surface area contributed by atoms with Crippen molar-refractivity contribution in [3.05, 3.63) is 41.1 Å². The first kappa shape index (κ1) is 9.65. The van der Waals surface area contributed by atoms with Gasteiger partial charge in [0.1, 0.15) is 5.84 Å². The summed E-state index contributed by atoms with van der Waals surface area (Å²) in [5.41, 5.74) is 9.25. The normalized spacial score (nSPS) is 10.5. The minimum absolute atomic E-state index is 0.0936. The first-order chi connectivity index (χ1) is 7.09. The zero-order valence-electron chi connectivity index (χ0n) is 8.83. The van der Waals surface area contributed by atoms with Crippen LogP contribution in [0.4, 0.5) is 0 Å². The number of para-hydroxylation sites is 1. The van der Waals surface area contributed by atoms with E-state index in [-0.39, 0.29) is 5.84 Å². The Hall–Kier alpha value is -1.90. The van der Waals surface area contributed by atoms with Crippen molar-refractivity contribution >= 4 is 16.7 Å². The monoisotopic (exact) mass is 199 g/mol. The summed E-state index contributed by atoms with van der Waals surface area (Å²) in [4.78, 5) is 4.47. The van der Waals surface area contributed by atoms with Crippen LogP contribution < -0.4 is 5.73 Å². The van der Waals surface area contributed by atoms with Crippen molar-refractivity contribution in [2.45, 2.75) is 13.8 Å². The van der Waals surface area contributed by atoms with Crippen LogP contribution >= 0.6 is 0 Å². The molecule has 3 nitrogen and oxygen atoms in total. The van der Waals surface area contributed by atoms with E-state index in [0.29, 0.717) is 0 Å². The van der Waals surface area contributed by atoms with Crippen LogP contribution in [0, 0.1) is 19.3 Å². The van der Waals surface area contributed by atoms with E-state index in [1.165, 1.54) is 0 Å². The van der Waals surface area contributed by atoms with Crippen LogP contribution in [0.25, 0.3) is 10.9 Å². The number of nitrogen functional groups attached to an aromatic ring is 1. The Bertz CT molecular complexity index is 544. The smallest absolute Gasteiger partial charge is 0.123 e. The van der Waals surface area contributed by atoms with Crippen LogP contribution in [0.3, 0.4) is 0 Å². The number of aryl methyl sites for hydroxylation is 2. The summed E-state index contributed by atoms with van der Waals surface area (Å²) in [6.07, 6.45) is 0. The number of amidine groups is 1. The van der Waals surface area contributed by atoms with Crippen molar-refractivity contribution < 1.29 is 0 Å². The van der Waals surface area contributed by atoms with Crippen LogP contribution in [0.15, 0.2) is 24.3 Å². The van der Waals surface area contributed by atoms with Crippen molar-refractivity contribution in [3.8, 4) is 0 Å². The van der Waals surface area contributed by atoms with E-state index in [4.69, 9.17) is 11.1 Å². The molecule has 1 aromatic heterocycles. The highest BCUT2D eigenvalue weighted by molar-refractivity contribution is 6.07. The summed E-state index contributed by atoms with van der Waals surface area (Å²) < 4.78 is 0. The Morgan fingerprint density at radius 1 is 1.33 bits per heavy atom. The number of fused-ring (bicyclic) bond motifs is 1. The average Bonchev–Trinajstić information content (AvgIpc) is 2.18. The largest absolute Gasteiger partial charge is 0.384 e. The van der Waals surface area contributed by atoms with Crippen LogP contribution in [-0.2, 0) is 0 Å². The second-order valence-corrected chi connectivity index (χ2v) is 3.70. The predicted octanol–water partition coefficient (Wildman–Crippen LogP) is 2.14. The molecule has 0 aliphatic rings. The summed E-state index contributed by atoms with van der Waals surface area (Å²) >= 11 is 0.